The van der Waals surface area contributed by atoms with E-state index in [9.17, 15) is 4.79 Å². The van der Waals surface area contributed by atoms with Crippen LogP contribution in [0.2, 0.25) is 0 Å². The zero-order valence-corrected chi connectivity index (χ0v) is 8.54. The van der Waals surface area contributed by atoms with Crippen LogP contribution in [-0.4, -0.2) is 30.2 Å². The van der Waals surface area contributed by atoms with Crippen LogP contribution in [0.5, 0.6) is 0 Å². The summed E-state index contributed by atoms with van der Waals surface area (Å²) in [5.74, 6) is -0.131. The van der Waals surface area contributed by atoms with Crippen molar-refractivity contribution in [2.45, 2.75) is 12.5 Å². The normalized spacial score (nSPS) is 30.5. The Labute approximate surface area is 79.6 Å². The number of esters is 1. The summed E-state index contributed by atoms with van der Waals surface area (Å²) in [6.45, 7) is 0.492. The number of carbonyl (C=O) groups excluding carboxylic acids is 1. The molecule has 64 valence electrons. The highest BCUT2D eigenvalue weighted by molar-refractivity contribution is 14.1. The standard InChI is InChI=1S/C7H11IO3/c1-10-4-5-2-6(3-8)11-7(5)9/h5-6H,2-4H2,1H3/t5-,6+/m1/s1. The maximum absolute atomic E-state index is 11.0. The highest BCUT2D eigenvalue weighted by Crippen LogP contribution is 2.22. The largest absolute Gasteiger partial charge is 0.461 e. The summed E-state index contributed by atoms with van der Waals surface area (Å²) in [6.07, 6.45) is 0.929. The van der Waals surface area contributed by atoms with Crippen molar-refractivity contribution in [2.24, 2.45) is 5.92 Å². The number of hydrogen-bond acceptors (Lipinski definition) is 3. The van der Waals surface area contributed by atoms with Gasteiger partial charge in [0, 0.05) is 18.0 Å². The van der Waals surface area contributed by atoms with Crippen LogP contribution in [0.15, 0.2) is 0 Å². The highest BCUT2D eigenvalue weighted by Gasteiger charge is 2.33. The SMILES string of the molecule is COC[C@H]1C[C@@H](CI)OC1=O. The van der Waals surface area contributed by atoms with Crippen LogP contribution < -0.4 is 0 Å². The van der Waals surface area contributed by atoms with E-state index in [0.717, 1.165) is 10.8 Å². The van der Waals surface area contributed by atoms with Gasteiger partial charge in [-0.1, -0.05) is 22.6 Å². The summed E-state index contributed by atoms with van der Waals surface area (Å²) in [5, 5.41) is 0. The van der Waals surface area contributed by atoms with Crippen molar-refractivity contribution in [3.63, 3.8) is 0 Å². The van der Waals surface area contributed by atoms with Crippen LogP contribution in [-0.2, 0) is 14.3 Å². The molecule has 1 heterocycles. The van der Waals surface area contributed by atoms with Crippen LogP contribution in [0.3, 0.4) is 0 Å². The molecule has 11 heavy (non-hydrogen) atoms. The zero-order valence-electron chi connectivity index (χ0n) is 6.38. The van der Waals surface area contributed by atoms with Crippen LogP contribution >= 0.6 is 22.6 Å². The highest BCUT2D eigenvalue weighted by atomic mass is 127. The van der Waals surface area contributed by atoms with E-state index in [2.05, 4.69) is 22.6 Å². The van der Waals surface area contributed by atoms with Crippen LogP contribution in [0.4, 0.5) is 0 Å². The van der Waals surface area contributed by atoms with Gasteiger partial charge in [0.25, 0.3) is 0 Å². The topological polar surface area (TPSA) is 35.5 Å². The fourth-order valence-corrected chi connectivity index (χ4v) is 1.69. The molecule has 0 radical (unpaired) electrons. The van der Waals surface area contributed by atoms with Gasteiger partial charge in [-0.3, -0.25) is 4.79 Å². The molecule has 0 N–H and O–H groups in total. The third-order valence-electron chi connectivity index (χ3n) is 1.70. The molecule has 4 heteroatoms. The van der Waals surface area contributed by atoms with E-state index in [1.165, 1.54) is 0 Å². The van der Waals surface area contributed by atoms with Crippen molar-refractivity contribution in [3.05, 3.63) is 0 Å². The van der Waals surface area contributed by atoms with Gasteiger partial charge in [0.1, 0.15) is 6.10 Å². The van der Waals surface area contributed by atoms with Gasteiger partial charge in [-0.2, -0.15) is 0 Å². The molecule has 0 amide bonds. The Morgan fingerprint density at radius 3 is 3.00 bits per heavy atom. The Balaban J connectivity index is 2.38. The first kappa shape index (κ1) is 9.25. The number of ether oxygens (including phenoxy) is 2. The molecule has 0 unspecified atom stereocenters. The third kappa shape index (κ3) is 2.30. The van der Waals surface area contributed by atoms with Crippen molar-refractivity contribution in [3.8, 4) is 0 Å². The molecule has 3 nitrogen and oxygen atoms in total. The smallest absolute Gasteiger partial charge is 0.311 e. The van der Waals surface area contributed by atoms with Crippen molar-refractivity contribution >= 4 is 28.6 Å². The van der Waals surface area contributed by atoms with E-state index in [-0.39, 0.29) is 18.0 Å². The number of cyclic esters (lactones) is 1. The minimum atomic E-state index is -0.103. The van der Waals surface area contributed by atoms with Crippen LogP contribution in [0, 0.1) is 5.92 Å². The third-order valence-corrected chi connectivity index (χ3v) is 2.69. The van der Waals surface area contributed by atoms with Gasteiger partial charge in [0.15, 0.2) is 0 Å². The Kier molecular flexibility index (Phi) is 3.58. The predicted octanol–water partition coefficient (Wildman–Crippen LogP) is 1.000. The summed E-state index contributed by atoms with van der Waals surface area (Å²) in [5.41, 5.74) is 0. The maximum atomic E-state index is 11.0. The minimum absolute atomic E-state index is 0.0280. The van der Waals surface area contributed by atoms with Gasteiger partial charge < -0.3 is 9.47 Å². The van der Waals surface area contributed by atoms with Crippen LogP contribution in [0.25, 0.3) is 0 Å². The maximum Gasteiger partial charge on any atom is 0.311 e. The number of carbonyl (C=O) groups is 1. The molecule has 1 saturated heterocycles. The Hall–Kier alpha value is 0.160. The lowest BCUT2D eigenvalue weighted by molar-refractivity contribution is -0.144. The van der Waals surface area contributed by atoms with E-state index in [1.54, 1.807) is 7.11 Å². The summed E-state index contributed by atoms with van der Waals surface area (Å²) in [7, 11) is 1.60. The van der Waals surface area contributed by atoms with Gasteiger partial charge in [-0.15, -0.1) is 0 Å². The van der Waals surface area contributed by atoms with E-state index in [1.807, 2.05) is 0 Å². The second kappa shape index (κ2) is 4.25. The second-order valence-electron chi connectivity index (χ2n) is 2.60. The lowest BCUT2D eigenvalue weighted by Crippen LogP contribution is -2.13. The molecule has 0 spiro atoms. The van der Waals surface area contributed by atoms with E-state index in [4.69, 9.17) is 9.47 Å². The molecular weight excluding hydrogens is 259 g/mol. The van der Waals surface area contributed by atoms with Gasteiger partial charge in [0.05, 0.1) is 12.5 Å². The van der Waals surface area contributed by atoms with Gasteiger partial charge in [-0.25, -0.2) is 0 Å². The second-order valence-corrected chi connectivity index (χ2v) is 3.48. The first-order valence-electron chi connectivity index (χ1n) is 3.53. The fraction of sp³-hybridized carbons (Fsp3) is 0.857. The molecule has 0 aromatic heterocycles. The molecule has 0 aliphatic carbocycles. The summed E-state index contributed by atoms with van der Waals surface area (Å²) < 4.78 is 10.8. The Bertz CT molecular complexity index is 149. The number of methoxy groups -OCH3 is 1. The number of alkyl halides is 1. The van der Waals surface area contributed by atoms with Crippen molar-refractivity contribution in [2.75, 3.05) is 18.1 Å². The minimum Gasteiger partial charge on any atom is -0.461 e. The van der Waals surface area contributed by atoms with E-state index in [0.29, 0.717) is 6.61 Å². The summed E-state index contributed by atoms with van der Waals surface area (Å²) in [6, 6.07) is 0. The fourth-order valence-electron chi connectivity index (χ4n) is 1.15. The molecular formula is C7H11IO3. The molecule has 0 saturated carbocycles. The van der Waals surface area contributed by atoms with Crippen molar-refractivity contribution in [1.29, 1.82) is 0 Å². The average Bonchev–Trinajstić information content (AvgIpc) is 2.33. The average molecular weight is 270 g/mol. The quantitative estimate of drug-likeness (QED) is 0.436. The van der Waals surface area contributed by atoms with Crippen molar-refractivity contribution in [1.82, 2.24) is 0 Å². The molecule has 1 rings (SSSR count). The molecule has 1 aliphatic heterocycles. The molecule has 0 aromatic carbocycles. The molecule has 1 aliphatic rings. The number of halogens is 1. The Morgan fingerprint density at radius 1 is 1.82 bits per heavy atom. The van der Waals surface area contributed by atoms with Gasteiger partial charge in [-0.05, 0) is 0 Å². The number of hydrogen-bond donors (Lipinski definition) is 0. The first-order chi connectivity index (χ1) is 5.27. The first-order valence-corrected chi connectivity index (χ1v) is 5.06. The summed E-state index contributed by atoms with van der Waals surface area (Å²) in [4.78, 5) is 11.0. The van der Waals surface area contributed by atoms with Crippen LogP contribution in [0.1, 0.15) is 6.42 Å². The van der Waals surface area contributed by atoms with E-state index < -0.39 is 0 Å². The Morgan fingerprint density at radius 2 is 2.55 bits per heavy atom. The number of rotatable bonds is 3. The lowest BCUT2D eigenvalue weighted by Gasteiger charge is -2.01. The predicted molar refractivity (Wildman–Crippen MR) is 48.8 cm³/mol. The van der Waals surface area contributed by atoms with Gasteiger partial charge >= 0.3 is 5.97 Å². The van der Waals surface area contributed by atoms with Gasteiger partial charge in [0.2, 0.25) is 0 Å². The molecule has 0 aromatic rings. The monoisotopic (exact) mass is 270 g/mol. The lowest BCUT2D eigenvalue weighted by atomic mass is 10.1. The molecule has 0 bridgehead atoms. The summed E-state index contributed by atoms with van der Waals surface area (Å²) >= 11 is 2.22. The van der Waals surface area contributed by atoms with Crippen molar-refractivity contribution < 1.29 is 14.3 Å². The zero-order chi connectivity index (χ0) is 8.27. The molecule has 2 atom stereocenters. The van der Waals surface area contributed by atoms with E-state index >= 15 is 0 Å². The molecule has 1 fully saturated rings.